The Morgan fingerprint density at radius 3 is 2.16 bits per heavy atom. The molecule has 0 radical (unpaired) electrons. The molecule has 1 saturated carbocycles. The van der Waals surface area contributed by atoms with Crippen molar-refractivity contribution in [3.05, 3.63) is 12.7 Å². The maximum Gasteiger partial charge on any atom is 0.220 e. The summed E-state index contributed by atoms with van der Waals surface area (Å²) in [5, 5.41) is 31.2. The molecule has 6 rings (SSSR count). The fourth-order valence-electron chi connectivity index (χ4n) is 11.5. The quantitative estimate of drug-likeness (QED) is 0.225. The molecule has 0 spiro atoms. The summed E-state index contributed by atoms with van der Waals surface area (Å²) in [5.41, 5.74) is 5.65. The Hall–Kier alpha value is -1.03. The molecule has 6 fully saturated rings. The first-order valence-electron chi connectivity index (χ1n) is 18.0. The minimum Gasteiger partial charge on any atom is -0.393 e. The van der Waals surface area contributed by atoms with Crippen molar-refractivity contribution in [2.45, 2.75) is 134 Å². The summed E-state index contributed by atoms with van der Waals surface area (Å²) in [6.45, 7) is 17.4. The second kappa shape index (κ2) is 13.0. The minimum atomic E-state index is -0.262. The molecule has 43 heavy (non-hydrogen) atoms. The van der Waals surface area contributed by atoms with Crippen molar-refractivity contribution in [2.75, 3.05) is 13.1 Å². The van der Waals surface area contributed by atoms with Gasteiger partial charge < -0.3 is 37.4 Å². The van der Waals surface area contributed by atoms with Gasteiger partial charge in [-0.1, -0.05) is 47.1 Å². The first-order valence-corrected chi connectivity index (χ1v) is 18.0. The van der Waals surface area contributed by atoms with Gasteiger partial charge in [0, 0.05) is 73.8 Å². The van der Waals surface area contributed by atoms with E-state index in [2.05, 4.69) is 73.9 Å². The van der Waals surface area contributed by atoms with Crippen LogP contribution in [0.5, 0.6) is 0 Å². The van der Waals surface area contributed by atoms with Crippen LogP contribution in [0.4, 0.5) is 0 Å². The van der Waals surface area contributed by atoms with Gasteiger partial charge in [-0.25, -0.2) is 0 Å². The Morgan fingerprint density at radius 1 is 0.837 bits per heavy atom. The van der Waals surface area contributed by atoms with Gasteiger partial charge in [0.05, 0.1) is 6.10 Å². The average Bonchev–Trinajstić information content (AvgIpc) is 3.73. The molecule has 244 valence electrons. The Bertz CT molecular complexity index is 995. The van der Waals surface area contributed by atoms with Gasteiger partial charge in [-0.3, -0.25) is 4.79 Å². The summed E-state index contributed by atoms with van der Waals surface area (Å²) in [5.74, 6) is 4.46. The van der Waals surface area contributed by atoms with E-state index in [0.29, 0.717) is 121 Å². The lowest BCUT2D eigenvalue weighted by Crippen LogP contribution is -2.48. The smallest absolute Gasteiger partial charge is 0.220 e. The summed E-state index contributed by atoms with van der Waals surface area (Å²) in [6, 6.07) is 3.37. The van der Waals surface area contributed by atoms with Crippen LogP contribution in [-0.2, 0) is 4.79 Å². The van der Waals surface area contributed by atoms with Crippen molar-refractivity contribution in [2.24, 2.45) is 59.0 Å². The van der Waals surface area contributed by atoms with Crippen LogP contribution in [0.1, 0.15) is 79.6 Å². The van der Waals surface area contributed by atoms with Crippen LogP contribution in [-0.4, -0.2) is 78.5 Å². The molecule has 0 aromatic rings. The number of carbonyl (C=O) groups excluding carboxylic acids is 1. The third kappa shape index (κ3) is 5.76. The molecule has 1 amide bonds. The summed E-state index contributed by atoms with van der Waals surface area (Å²) >= 11 is 0. The van der Waals surface area contributed by atoms with Gasteiger partial charge in [0.15, 0.2) is 0 Å². The minimum absolute atomic E-state index is 0.111. The molecular formula is C35H62N6O2. The molecular weight excluding hydrogens is 536 g/mol. The van der Waals surface area contributed by atoms with Crippen molar-refractivity contribution in [1.29, 1.82) is 0 Å². The molecule has 0 aromatic heterocycles. The lowest BCUT2D eigenvalue weighted by Gasteiger charge is -2.32. The highest BCUT2D eigenvalue weighted by molar-refractivity contribution is 5.75. The molecule has 8 bridgehead atoms. The number of aliphatic hydroxyl groups excluding tert-OH is 1. The van der Waals surface area contributed by atoms with E-state index >= 15 is 0 Å². The van der Waals surface area contributed by atoms with Crippen molar-refractivity contribution >= 4 is 5.91 Å². The summed E-state index contributed by atoms with van der Waals surface area (Å²) in [7, 11) is 0. The van der Waals surface area contributed by atoms with Crippen molar-refractivity contribution < 1.29 is 9.90 Å². The molecule has 5 saturated heterocycles. The Morgan fingerprint density at radius 2 is 1.44 bits per heavy atom. The summed E-state index contributed by atoms with van der Waals surface area (Å²) in [6.07, 6.45) is 8.84. The molecule has 1 aliphatic carbocycles. The number of aliphatic hydroxyl groups is 1. The van der Waals surface area contributed by atoms with E-state index in [0.717, 1.165) is 32.1 Å². The van der Waals surface area contributed by atoms with Crippen molar-refractivity contribution in [3.63, 3.8) is 0 Å². The Kier molecular flexibility index (Phi) is 9.65. The Balaban J connectivity index is 1.31. The second-order valence-corrected chi connectivity index (χ2v) is 15.8. The summed E-state index contributed by atoms with van der Waals surface area (Å²) < 4.78 is 0. The normalized spacial score (nSPS) is 52.4. The van der Waals surface area contributed by atoms with Gasteiger partial charge in [0.25, 0.3) is 0 Å². The van der Waals surface area contributed by atoms with Gasteiger partial charge in [-0.2, -0.15) is 0 Å². The molecule has 18 atom stereocenters. The van der Waals surface area contributed by atoms with E-state index in [4.69, 9.17) is 5.73 Å². The zero-order valence-corrected chi connectivity index (χ0v) is 27.5. The number of hydrogen-bond acceptors (Lipinski definition) is 7. The van der Waals surface area contributed by atoms with Crippen LogP contribution in [0.15, 0.2) is 12.7 Å². The molecule has 8 nitrogen and oxygen atoms in total. The van der Waals surface area contributed by atoms with Gasteiger partial charge in [0.2, 0.25) is 5.91 Å². The van der Waals surface area contributed by atoms with Gasteiger partial charge in [-0.15, -0.1) is 6.58 Å². The predicted octanol–water partition coefficient (Wildman–Crippen LogP) is 2.37. The number of fused-ring (bicyclic) bond motifs is 8. The number of nitrogens with one attached hydrogen (secondary N) is 5. The van der Waals surface area contributed by atoms with Gasteiger partial charge in [0.1, 0.15) is 0 Å². The predicted molar refractivity (Wildman–Crippen MR) is 173 cm³/mol. The first kappa shape index (κ1) is 31.9. The third-order valence-corrected chi connectivity index (χ3v) is 13.9. The highest BCUT2D eigenvalue weighted by Crippen LogP contribution is 2.50. The van der Waals surface area contributed by atoms with E-state index in [9.17, 15) is 9.90 Å². The number of carbonyl (C=O) groups is 1. The highest BCUT2D eigenvalue weighted by Gasteiger charge is 2.58. The zero-order valence-electron chi connectivity index (χ0n) is 27.5. The molecule has 5 heterocycles. The topological polar surface area (TPSA) is 123 Å². The number of nitrogens with two attached hydrogens (primary N) is 1. The maximum atomic E-state index is 12.7. The highest BCUT2D eigenvalue weighted by atomic mass is 16.3. The Labute approximate surface area is 260 Å². The SMILES string of the molecule is C=CC1C2CC3NC(CC4NC5C(CC(O)C5C4C)C4NC(CC(N2)C1C)C(C)C4CCC(=O)NCCN)C(CC)C3C. The zero-order chi connectivity index (χ0) is 30.6. The van der Waals surface area contributed by atoms with E-state index in [1.807, 2.05) is 0 Å². The first-order chi connectivity index (χ1) is 20.7. The number of rotatable bonds is 7. The van der Waals surface area contributed by atoms with E-state index < -0.39 is 0 Å². The lowest BCUT2D eigenvalue weighted by atomic mass is 9.76. The van der Waals surface area contributed by atoms with Crippen LogP contribution in [0.2, 0.25) is 0 Å². The van der Waals surface area contributed by atoms with E-state index in [1.165, 1.54) is 6.42 Å². The molecule has 5 aliphatic heterocycles. The van der Waals surface area contributed by atoms with Crippen LogP contribution < -0.4 is 32.3 Å². The lowest BCUT2D eigenvalue weighted by molar-refractivity contribution is -0.121. The summed E-state index contributed by atoms with van der Waals surface area (Å²) in [4.78, 5) is 12.7. The fraction of sp³-hybridized carbons (Fsp3) is 0.914. The number of amides is 1. The third-order valence-electron chi connectivity index (χ3n) is 13.9. The van der Waals surface area contributed by atoms with E-state index in [1.54, 1.807) is 0 Å². The van der Waals surface area contributed by atoms with Crippen molar-refractivity contribution in [1.82, 2.24) is 26.6 Å². The number of hydrogen-bond donors (Lipinski definition) is 7. The van der Waals surface area contributed by atoms with Gasteiger partial charge >= 0.3 is 0 Å². The molecule has 8 N–H and O–H groups in total. The fourth-order valence-corrected chi connectivity index (χ4v) is 11.5. The molecule has 18 unspecified atom stereocenters. The van der Waals surface area contributed by atoms with Gasteiger partial charge in [-0.05, 0) is 79.4 Å². The maximum absolute atomic E-state index is 12.7. The van der Waals surface area contributed by atoms with Crippen LogP contribution >= 0.6 is 0 Å². The monoisotopic (exact) mass is 598 g/mol. The largest absolute Gasteiger partial charge is 0.393 e. The standard InChI is InChI=1S/C35H62N6O2/c1-7-21-17(3)25-14-27-19(5)23(9-10-32(43)37-12-11-36)34(40-27)24-13-31(42)33-20(6)28(41-35(24)33)16-30-22(8-2)18(4)26(39-30)15-29(21)38-25/h7,17-31,33-35,38-42H,1,8-16,36H2,2-6H3,(H,37,43). The molecule has 8 heteroatoms. The molecule has 6 aliphatic rings. The average molecular weight is 599 g/mol. The van der Waals surface area contributed by atoms with Crippen molar-refractivity contribution in [3.8, 4) is 0 Å². The van der Waals surface area contributed by atoms with Crippen LogP contribution in [0, 0.1) is 53.3 Å². The van der Waals surface area contributed by atoms with Crippen LogP contribution in [0.25, 0.3) is 0 Å². The van der Waals surface area contributed by atoms with E-state index in [-0.39, 0.29) is 12.0 Å². The van der Waals surface area contributed by atoms with Crippen LogP contribution in [0.3, 0.4) is 0 Å². The molecule has 0 aromatic carbocycles. The second-order valence-electron chi connectivity index (χ2n) is 15.8.